The van der Waals surface area contributed by atoms with Crippen molar-refractivity contribution in [1.29, 1.82) is 0 Å². The number of fused-ring (bicyclic) bond motifs is 5. The molecule has 0 aromatic heterocycles. The third-order valence-electron chi connectivity index (χ3n) is 5.31. The molecule has 3 heterocycles. The van der Waals surface area contributed by atoms with Crippen molar-refractivity contribution in [3.63, 3.8) is 0 Å². The molecule has 0 amide bonds. The first-order valence-corrected chi connectivity index (χ1v) is 8.55. The molecule has 134 valence electrons. The van der Waals surface area contributed by atoms with E-state index in [0.29, 0.717) is 17.3 Å². The molecule has 2 aromatic carbocycles. The van der Waals surface area contributed by atoms with Crippen LogP contribution in [-0.2, 0) is 6.42 Å². The normalized spacial score (nSPS) is 19.2. The maximum Gasteiger partial charge on any atom is 0.231 e. The van der Waals surface area contributed by atoms with Crippen molar-refractivity contribution in [3.05, 3.63) is 45.8 Å². The summed E-state index contributed by atoms with van der Waals surface area (Å²) < 4.78 is 22.0. The first-order valence-electron chi connectivity index (χ1n) is 8.55. The van der Waals surface area contributed by atoms with Crippen molar-refractivity contribution < 1.29 is 24.1 Å². The van der Waals surface area contributed by atoms with Crippen molar-refractivity contribution in [2.24, 2.45) is 0 Å². The summed E-state index contributed by atoms with van der Waals surface area (Å²) in [6.07, 6.45) is 2.92. The minimum Gasteiger partial charge on any atom is -0.509 e. The Morgan fingerprint density at radius 1 is 1.12 bits per heavy atom. The predicted molar refractivity (Wildman–Crippen MR) is 95.0 cm³/mol. The summed E-state index contributed by atoms with van der Waals surface area (Å²) in [5, 5.41) is 12.7. The van der Waals surface area contributed by atoms with Gasteiger partial charge in [0.2, 0.25) is 6.79 Å². The average molecular weight is 353 g/mol. The minimum atomic E-state index is -0.237. The quantitative estimate of drug-likeness (QED) is 0.882. The Balaban J connectivity index is 1.74. The molecule has 2 aromatic rings. The van der Waals surface area contributed by atoms with Crippen LogP contribution >= 0.6 is 0 Å². The largest absolute Gasteiger partial charge is 0.509 e. The first kappa shape index (κ1) is 15.3. The summed E-state index contributed by atoms with van der Waals surface area (Å²) in [4.78, 5) is 2.14. The highest BCUT2D eigenvalue weighted by molar-refractivity contribution is 5.62. The molecular formula is C20H19NO5. The number of hydrogen-bond donors (Lipinski definition) is 1. The van der Waals surface area contributed by atoms with Crippen LogP contribution in [0.1, 0.15) is 17.2 Å². The molecule has 6 nitrogen and oxygen atoms in total. The van der Waals surface area contributed by atoms with E-state index < -0.39 is 0 Å². The Bertz CT molecular complexity index is 1030. The number of nitrogens with zero attached hydrogens (tertiary/aromatic N) is 1. The van der Waals surface area contributed by atoms with Crippen LogP contribution in [0.3, 0.4) is 0 Å². The van der Waals surface area contributed by atoms with E-state index in [1.165, 1.54) is 5.56 Å². The predicted octanol–water partition coefficient (Wildman–Crippen LogP) is 1.45. The van der Waals surface area contributed by atoms with Gasteiger partial charge in [-0.1, -0.05) is 0 Å². The Kier molecular flexibility index (Phi) is 3.22. The highest BCUT2D eigenvalue weighted by atomic mass is 16.7. The number of hydrogen-bond acceptors (Lipinski definition) is 6. The van der Waals surface area contributed by atoms with Crippen LogP contribution in [0.5, 0.6) is 23.0 Å². The summed E-state index contributed by atoms with van der Waals surface area (Å²) in [6.45, 7) is 1.04. The van der Waals surface area contributed by atoms with Gasteiger partial charge in [-0.3, -0.25) is 0 Å². The fourth-order valence-corrected chi connectivity index (χ4v) is 4.09. The van der Waals surface area contributed by atoms with E-state index in [1.807, 2.05) is 24.3 Å². The molecule has 1 unspecified atom stereocenters. The van der Waals surface area contributed by atoms with Crippen molar-refractivity contribution in [3.8, 4) is 23.0 Å². The van der Waals surface area contributed by atoms with Crippen molar-refractivity contribution >= 4 is 12.0 Å². The lowest BCUT2D eigenvalue weighted by Gasteiger charge is -2.38. The van der Waals surface area contributed by atoms with E-state index in [0.717, 1.165) is 40.5 Å². The van der Waals surface area contributed by atoms with Crippen molar-refractivity contribution in [2.45, 2.75) is 12.5 Å². The monoisotopic (exact) mass is 353 g/mol. The van der Waals surface area contributed by atoms with Gasteiger partial charge in [-0.15, -0.1) is 0 Å². The number of benzene rings is 2. The average Bonchev–Trinajstić information content (AvgIpc) is 3.12. The summed E-state index contributed by atoms with van der Waals surface area (Å²) >= 11 is 0. The van der Waals surface area contributed by atoms with E-state index >= 15 is 0 Å². The molecule has 0 saturated heterocycles. The van der Waals surface area contributed by atoms with Gasteiger partial charge in [0.25, 0.3) is 0 Å². The Hall–Kier alpha value is -3.02. The van der Waals surface area contributed by atoms with Crippen LogP contribution in [0.25, 0.3) is 12.0 Å². The van der Waals surface area contributed by atoms with Crippen LogP contribution in [0.2, 0.25) is 0 Å². The minimum absolute atomic E-state index is 0.237. The zero-order valence-electron chi connectivity index (χ0n) is 14.6. The van der Waals surface area contributed by atoms with E-state index in [1.54, 1.807) is 14.2 Å². The zero-order chi connectivity index (χ0) is 17.8. The van der Waals surface area contributed by atoms with Gasteiger partial charge < -0.3 is 29.0 Å². The smallest absolute Gasteiger partial charge is 0.231 e. The van der Waals surface area contributed by atoms with E-state index in [-0.39, 0.29) is 12.8 Å². The topological polar surface area (TPSA) is 60.4 Å². The van der Waals surface area contributed by atoms with E-state index in [4.69, 9.17) is 18.9 Å². The Morgan fingerprint density at radius 3 is 2.69 bits per heavy atom. The van der Waals surface area contributed by atoms with Gasteiger partial charge in [0.15, 0.2) is 23.0 Å². The van der Waals surface area contributed by atoms with Crippen molar-refractivity contribution in [1.82, 2.24) is 4.90 Å². The molecule has 3 aliphatic heterocycles. The zero-order valence-corrected chi connectivity index (χ0v) is 14.6. The molecule has 1 atom stereocenters. The molecule has 0 aliphatic carbocycles. The van der Waals surface area contributed by atoms with Crippen LogP contribution in [0.4, 0.5) is 0 Å². The number of methoxy groups -OCH3 is 2. The standard InChI is InChI=1S/C20H19NO5/c1-23-15-4-3-12-14(20(15)24-2)9-21-6-5-11-7-16-17(26-10-25-16)8-13(11)18(21)19(12)22/h3-4,7-9,18,22H,5-6,10H2,1-2H3. The molecule has 0 spiro atoms. The lowest BCUT2D eigenvalue weighted by Crippen LogP contribution is -2.44. The van der Waals surface area contributed by atoms with Gasteiger partial charge in [-0.05, 0) is 41.8 Å². The summed E-state index contributed by atoms with van der Waals surface area (Å²) in [6, 6.07) is 7.48. The number of rotatable bonds is 2. The molecule has 0 saturated carbocycles. The molecule has 0 radical (unpaired) electrons. The fourth-order valence-electron chi connectivity index (χ4n) is 4.09. The molecule has 0 bridgehead atoms. The highest BCUT2D eigenvalue weighted by Crippen LogP contribution is 2.43. The van der Waals surface area contributed by atoms with E-state index in [2.05, 4.69) is 11.1 Å². The molecule has 0 fully saturated rings. The fraction of sp³-hybridized carbons (Fsp3) is 0.300. The molecule has 5 rings (SSSR count). The lowest BCUT2D eigenvalue weighted by molar-refractivity contribution is 0.174. The van der Waals surface area contributed by atoms with Gasteiger partial charge in [0, 0.05) is 23.2 Å². The maximum atomic E-state index is 11.1. The molecule has 6 heteroatoms. The second kappa shape index (κ2) is 5.49. The van der Waals surface area contributed by atoms with Crippen LogP contribution in [-0.4, -0.2) is 37.6 Å². The maximum absolute atomic E-state index is 11.1. The molecule has 26 heavy (non-hydrogen) atoms. The SMILES string of the molecule is COc1ccc2c(c1OC)=CN1CCc3cc4c(cc3C1C=2O)OCO4. The highest BCUT2D eigenvalue weighted by Gasteiger charge is 2.34. The molecular weight excluding hydrogens is 334 g/mol. The second-order valence-corrected chi connectivity index (χ2v) is 6.57. The summed E-state index contributed by atoms with van der Waals surface area (Å²) in [5.41, 5.74) is 2.23. The van der Waals surface area contributed by atoms with Gasteiger partial charge in [0.05, 0.1) is 14.2 Å². The van der Waals surface area contributed by atoms with Crippen LogP contribution < -0.4 is 29.4 Å². The second-order valence-electron chi connectivity index (χ2n) is 6.57. The Morgan fingerprint density at radius 2 is 1.92 bits per heavy atom. The van der Waals surface area contributed by atoms with Crippen LogP contribution in [0, 0.1) is 0 Å². The third kappa shape index (κ3) is 1.98. The number of ether oxygens (including phenoxy) is 4. The van der Waals surface area contributed by atoms with Crippen LogP contribution in [0.15, 0.2) is 24.3 Å². The molecule has 3 aliphatic rings. The summed E-state index contributed by atoms with van der Waals surface area (Å²) in [5.74, 6) is 3.10. The summed E-state index contributed by atoms with van der Waals surface area (Å²) in [7, 11) is 3.22. The number of aliphatic hydroxyl groups is 1. The van der Waals surface area contributed by atoms with Gasteiger partial charge in [-0.25, -0.2) is 0 Å². The van der Waals surface area contributed by atoms with E-state index in [9.17, 15) is 5.11 Å². The lowest BCUT2D eigenvalue weighted by atomic mass is 9.88. The van der Waals surface area contributed by atoms with Gasteiger partial charge in [0.1, 0.15) is 11.8 Å². The first-order chi connectivity index (χ1) is 12.7. The number of aliphatic hydroxyl groups excluding tert-OH is 1. The molecule has 1 N–H and O–H groups in total. The van der Waals surface area contributed by atoms with Gasteiger partial charge >= 0.3 is 0 Å². The third-order valence-corrected chi connectivity index (χ3v) is 5.31. The van der Waals surface area contributed by atoms with Gasteiger partial charge in [-0.2, -0.15) is 0 Å². The Labute approximate surface area is 150 Å². The van der Waals surface area contributed by atoms with Crippen molar-refractivity contribution in [2.75, 3.05) is 27.6 Å².